The fourth-order valence-electron chi connectivity index (χ4n) is 1.66. The number of rotatable bonds is 11. The van der Waals surface area contributed by atoms with Gasteiger partial charge in [-0.15, -0.1) is 0 Å². The molecule has 0 saturated heterocycles. The number of hydrogen-bond acceptors (Lipinski definition) is 3. The Bertz CT molecular complexity index is 347. The highest BCUT2D eigenvalue weighted by molar-refractivity contribution is 7.85. The van der Waals surface area contributed by atoms with Gasteiger partial charge in [0, 0.05) is 6.16 Å². The average Bonchev–Trinajstić information content (AvgIpc) is 2.17. The third-order valence-corrected chi connectivity index (χ3v) is 4.31. The molecule has 0 aliphatic carbocycles. The van der Waals surface area contributed by atoms with Crippen molar-refractivity contribution in [2.75, 3.05) is 11.9 Å². The van der Waals surface area contributed by atoms with E-state index < -0.39 is 17.7 Å². The Balaban J connectivity index is 3.20. The minimum Gasteiger partial charge on any atom is -0.324 e. The molecule has 0 atom stereocenters. The van der Waals surface area contributed by atoms with Crippen LogP contribution >= 0.6 is 7.60 Å². The predicted molar refractivity (Wildman–Crippen MR) is 70.3 cm³/mol. The first-order chi connectivity index (χ1) is 8.21. The second kappa shape index (κ2) is 9.04. The van der Waals surface area contributed by atoms with Crippen molar-refractivity contribution in [3.05, 3.63) is 0 Å². The molecule has 0 spiro atoms. The van der Waals surface area contributed by atoms with E-state index >= 15 is 0 Å². The van der Waals surface area contributed by atoms with Gasteiger partial charge in [-0.25, -0.2) is 0 Å². The van der Waals surface area contributed by atoms with Crippen LogP contribution in [-0.4, -0.2) is 34.7 Å². The Morgan fingerprint density at radius 2 is 1.17 bits per heavy atom. The summed E-state index contributed by atoms with van der Waals surface area (Å²) in [6.45, 7) is 0. The van der Waals surface area contributed by atoms with E-state index in [2.05, 4.69) is 0 Å². The lowest BCUT2D eigenvalue weighted by Crippen LogP contribution is -2.03. The molecule has 0 aliphatic rings. The first-order valence-electron chi connectivity index (χ1n) is 6.20. The largest absolute Gasteiger partial charge is 0.325 e. The van der Waals surface area contributed by atoms with E-state index in [0.29, 0.717) is 12.8 Å². The van der Waals surface area contributed by atoms with E-state index in [0.717, 1.165) is 38.5 Å². The molecule has 0 bridgehead atoms. The maximum absolute atomic E-state index is 10.5. The second-order valence-electron chi connectivity index (χ2n) is 4.50. The Hall–Kier alpha value is 0.0600. The van der Waals surface area contributed by atoms with Gasteiger partial charge in [0.05, 0.1) is 5.75 Å². The summed E-state index contributed by atoms with van der Waals surface area (Å²) in [5.41, 5.74) is 0. The van der Waals surface area contributed by atoms with Crippen LogP contribution in [0.4, 0.5) is 0 Å². The first kappa shape index (κ1) is 18.1. The number of hydrogen-bond donors (Lipinski definition) is 3. The average molecular weight is 302 g/mol. The highest BCUT2D eigenvalue weighted by Crippen LogP contribution is 2.35. The van der Waals surface area contributed by atoms with Crippen LogP contribution in [0.15, 0.2) is 0 Å². The molecular formula is C10H23O6PS. The van der Waals surface area contributed by atoms with Crippen molar-refractivity contribution >= 4 is 17.7 Å². The smallest absolute Gasteiger partial charge is 0.324 e. The quantitative estimate of drug-likeness (QED) is 0.306. The molecular weight excluding hydrogens is 279 g/mol. The molecule has 0 amide bonds. The van der Waals surface area contributed by atoms with Gasteiger partial charge in [-0.05, 0) is 12.8 Å². The Morgan fingerprint density at radius 1 is 0.778 bits per heavy atom. The van der Waals surface area contributed by atoms with Gasteiger partial charge >= 0.3 is 7.60 Å². The Morgan fingerprint density at radius 3 is 1.56 bits per heavy atom. The molecule has 6 nitrogen and oxygen atoms in total. The van der Waals surface area contributed by atoms with Crippen molar-refractivity contribution in [1.29, 1.82) is 0 Å². The Labute approximate surface area is 109 Å². The zero-order valence-electron chi connectivity index (χ0n) is 10.5. The van der Waals surface area contributed by atoms with Gasteiger partial charge in [0.1, 0.15) is 0 Å². The zero-order valence-corrected chi connectivity index (χ0v) is 12.2. The van der Waals surface area contributed by atoms with E-state index in [1.54, 1.807) is 0 Å². The van der Waals surface area contributed by atoms with Gasteiger partial charge in [0.2, 0.25) is 0 Å². The summed E-state index contributed by atoms with van der Waals surface area (Å²) in [6.07, 6.45) is 6.44. The third-order valence-electron chi connectivity index (χ3n) is 2.60. The minimum atomic E-state index is -3.83. The topological polar surface area (TPSA) is 112 Å². The van der Waals surface area contributed by atoms with E-state index in [1.165, 1.54) is 0 Å². The van der Waals surface area contributed by atoms with Crippen molar-refractivity contribution in [3.8, 4) is 0 Å². The van der Waals surface area contributed by atoms with Gasteiger partial charge in [0.25, 0.3) is 10.1 Å². The third kappa shape index (κ3) is 16.1. The molecule has 0 radical (unpaired) electrons. The van der Waals surface area contributed by atoms with Gasteiger partial charge in [-0.3, -0.25) is 9.12 Å². The zero-order chi connectivity index (χ0) is 14.1. The highest BCUT2D eigenvalue weighted by Gasteiger charge is 2.10. The predicted octanol–water partition coefficient (Wildman–Crippen LogP) is 2.17. The SMILES string of the molecule is O=P(O)(O)CCCCCCCCCCS(=O)(=O)O. The molecule has 0 aromatic carbocycles. The molecule has 0 aliphatic heterocycles. The molecule has 110 valence electrons. The summed E-state index contributed by atoms with van der Waals surface area (Å²) in [4.78, 5) is 17.2. The van der Waals surface area contributed by atoms with Crippen LogP contribution in [0, 0.1) is 0 Å². The molecule has 8 heteroatoms. The van der Waals surface area contributed by atoms with Crippen LogP contribution in [0.1, 0.15) is 51.4 Å². The maximum Gasteiger partial charge on any atom is 0.325 e. The molecule has 0 aromatic heterocycles. The van der Waals surface area contributed by atoms with Crippen molar-refractivity contribution in [2.45, 2.75) is 51.4 Å². The molecule has 0 unspecified atom stereocenters. The maximum atomic E-state index is 10.5. The van der Waals surface area contributed by atoms with Crippen LogP contribution in [0.5, 0.6) is 0 Å². The lowest BCUT2D eigenvalue weighted by Gasteiger charge is -2.03. The second-order valence-corrected chi connectivity index (χ2v) is 7.85. The standard InChI is InChI=1S/C10H23O6PS/c11-17(12,13)9-7-5-3-1-2-4-6-8-10-18(14,15)16/h1-10H2,(H2,11,12,13)(H,14,15,16). The lowest BCUT2D eigenvalue weighted by atomic mass is 10.1. The fourth-order valence-corrected chi connectivity index (χ4v) is 2.87. The summed E-state index contributed by atoms with van der Waals surface area (Å²) in [6, 6.07) is 0. The molecule has 0 rings (SSSR count). The van der Waals surface area contributed by atoms with E-state index in [1.807, 2.05) is 0 Å². The van der Waals surface area contributed by atoms with Gasteiger partial charge in [-0.2, -0.15) is 8.42 Å². The summed E-state index contributed by atoms with van der Waals surface area (Å²) >= 11 is 0. The van der Waals surface area contributed by atoms with Crippen molar-refractivity contribution in [1.82, 2.24) is 0 Å². The van der Waals surface area contributed by atoms with Crippen LogP contribution < -0.4 is 0 Å². The molecule has 0 aromatic rings. The normalized spacial score (nSPS) is 12.8. The van der Waals surface area contributed by atoms with E-state index in [4.69, 9.17) is 14.3 Å². The van der Waals surface area contributed by atoms with Gasteiger partial charge in [0.15, 0.2) is 0 Å². The molecule has 0 fully saturated rings. The molecule has 3 N–H and O–H groups in total. The van der Waals surface area contributed by atoms with Crippen molar-refractivity contribution in [3.63, 3.8) is 0 Å². The van der Waals surface area contributed by atoms with Crippen LogP contribution in [0.3, 0.4) is 0 Å². The van der Waals surface area contributed by atoms with Gasteiger partial charge < -0.3 is 9.79 Å². The highest BCUT2D eigenvalue weighted by atomic mass is 32.2. The fraction of sp³-hybridized carbons (Fsp3) is 1.00. The summed E-state index contributed by atoms with van der Waals surface area (Å²) in [5, 5.41) is 0. The van der Waals surface area contributed by atoms with Crippen LogP contribution in [0.25, 0.3) is 0 Å². The summed E-state index contributed by atoms with van der Waals surface area (Å²) in [7, 11) is -7.65. The van der Waals surface area contributed by atoms with Crippen molar-refractivity contribution in [2.24, 2.45) is 0 Å². The monoisotopic (exact) mass is 302 g/mol. The van der Waals surface area contributed by atoms with E-state index in [9.17, 15) is 13.0 Å². The minimum absolute atomic E-state index is 0.0403. The molecule has 18 heavy (non-hydrogen) atoms. The van der Waals surface area contributed by atoms with Gasteiger partial charge in [-0.1, -0.05) is 38.5 Å². The molecule has 0 saturated carbocycles. The summed E-state index contributed by atoms with van der Waals surface area (Å²) < 4.78 is 39.9. The first-order valence-corrected chi connectivity index (χ1v) is 9.61. The van der Waals surface area contributed by atoms with Crippen LogP contribution in [-0.2, 0) is 14.7 Å². The number of unbranched alkanes of at least 4 members (excludes halogenated alkanes) is 7. The Kier molecular flexibility index (Phi) is 9.07. The van der Waals surface area contributed by atoms with Crippen LogP contribution in [0.2, 0.25) is 0 Å². The van der Waals surface area contributed by atoms with Crippen molar-refractivity contribution < 1.29 is 27.3 Å². The molecule has 0 heterocycles. The lowest BCUT2D eigenvalue weighted by molar-refractivity contribution is 0.370. The summed E-state index contributed by atoms with van der Waals surface area (Å²) in [5.74, 6) is -0.171. The van der Waals surface area contributed by atoms with E-state index in [-0.39, 0.29) is 11.9 Å².